The van der Waals surface area contributed by atoms with Crippen LogP contribution < -0.4 is 5.63 Å². The molecule has 0 atom stereocenters. The van der Waals surface area contributed by atoms with Crippen LogP contribution in [-0.2, 0) is 0 Å². The number of aryl methyl sites for hydroxylation is 1. The van der Waals surface area contributed by atoms with Crippen LogP contribution in [-0.4, -0.2) is 4.92 Å². The fourth-order valence-electron chi connectivity index (χ4n) is 2.22. The van der Waals surface area contributed by atoms with Gasteiger partial charge in [0.25, 0.3) is 5.69 Å². The zero-order chi connectivity index (χ0) is 15.0. The minimum absolute atomic E-state index is 0.103. The Balaban J connectivity index is 2.31. The van der Waals surface area contributed by atoms with Crippen molar-refractivity contribution in [2.75, 3.05) is 0 Å². The van der Waals surface area contributed by atoms with Crippen molar-refractivity contribution in [3.8, 4) is 11.3 Å². The van der Waals surface area contributed by atoms with Crippen LogP contribution in [0.15, 0.2) is 57.7 Å². The third kappa shape index (κ3) is 2.29. The molecule has 0 fully saturated rings. The predicted octanol–water partition coefficient (Wildman–Crippen LogP) is 3.68. The Morgan fingerprint density at radius 1 is 1.05 bits per heavy atom. The number of nitro benzene ring substituents is 1. The summed E-state index contributed by atoms with van der Waals surface area (Å²) in [6, 6.07) is 13.3. The van der Waals surface area contributed by atoms with E-state index >= 15 is 0 Å². The van der Waals surface area contributed by atoms with Gasteiger partial charge in [-0.1, -0.05) is 35.9 Å². The second-order valence-corrected chi connectivity index (χ2v) is 4.76. The molecule has 3 rings (SSSR count). The highest BCUT2D eigenvalue weighted by Gasteiger charge is 2.16. The van der Waals surface area contributed by atoms with Gasteiger partial charge in [0.15, 0.2) is 0 Å². The molecule has 0 saturated heterocycles. The molecule has 0 aliphatic rings. The van der Waals surface area contributed by atoms with E-state index in [-0.39, 0.29) is 16.5 Å². The highest BCUT2D eigenvalue weighted by Crippen LogP contribution is 2.28. The molecule has 0 saturated carbocycles. The maximum absolute atomic E-state index is 12.0. The molecule has 0 aliphatic heterocycles. The molecular weight excluding hydrogens is 270 g/mol. The zero-order valence-electron chi connectivity index (χ0n) is 11.2. The average Bonchev–Trinajstić information content (AvgIpc) is 2.47. The van der Waals surface area contributed by atoms with E-state index in [9.17, 15) is 14.9 Å². The molecule has 104 valence electrons. The van der Waals surface area contributed by atoms with Gasteiger partial charge in [-0.25, -0.2) is 4.79 Å². The van der Waals surface area contributed by atoms with Gasteiger partial charge in [0.2, 0.25) is 0 Å². The Morgan fingerprint density at radius 3 is 2.43 bits per heavy atom. The van der Waals surface area contributed by atoms with Gasteiger partial charge in [0.05, 0.1) is 15.7 Å². The SMILES string of the molecule is Cc1ccc(-c2cc3c([N+](=O)[O-])cccc3c(=O)o2)cc1. The number of nitro groups is 1. The normalized spacial score (nSPS) is 10.7. The van der Waals surface area contributed by atoms with Crippen molar-refractivity contribution in [1.82, 2.24) is 0 Å². The van der Waals surface area contributed by atoms with Crippen LogP contribution in [0.2, 0.25) is 0 Å². The lowest BCUT2D eigenvalue weighted by Crippen LogP contribution is -2.02. The molecule has 3 aromatic rings. The molecule has 1 aromatic heterocycles. The van der Waals surface area contributed by atoms with Crippen molar-refractivity contribution in [1.29, 1.82) is 0 Å². The second-order valence-electron chi connectivity index (χ2n) is 4.76. The molecule has 21 heavy (non-hydrogen) atoms. The van der Waals surface area contributed by atoms with E-state index in [0.717, 1.165) is 5.56 Å². The number of non-ortho nitro benzene ring substituents is 1. The molecule has 0 amide bonds. The number of nitrogens with zero attached hydrogens (tertiary/aromatic N) is 1. The lowest BCUT2D eigenvalue weighted by Gasteiger charge is -2.03. The topological polar surface area (TPSA) is 73.3 Å². The van der Waals surface area contributed by atoms with Crippen molar-refractivity contribution in [2.24, 2.45) is 0 Å². The van der Waals surface area contributed by atoms with E-state index in [1.54, 1.807) is 6.07 Å². The van der Waals surface area contributed by atoms with Gasteiger partial charge >= 0.3 is 5.63 Å². The number of rotatable bonds is 2. The Morgan fingerprint density at radius 2 is 1.76 bits per heavy atom. The second kappa shape index (κ2) is 4.86. The van der Waals surface area contributed by atoms with Crippen molar-refractivity contribution < 1.29 is 9.34 Å². The highest BCUT2D eigenvalue weighted by atomic mass is 16.6. The van der Waals surface area contributed by atoms with Crippen LogP contribution >= 0.6 is 0 Å². The van der Waals surface area contributed by atoms with Gasteiger partial charge in [-0.3, -0.25) is 10.1 Å². The highest BCUT2D eigenvalue weighted by molar-refractivity contribution is 5.91. The summed E-state index contributed by atoms with van der Waals surface area (Å²) in [6.45, 7) is 1.95. The quantitative estimate of drug-likeness (QED) is 0.530. The molecular formula is C16H11NO4. The maximum atomic E-state index is 12.0. The van der Waals surface area contributed by atoms with Gasteiger partial charge < -0.3 is 4.42 Å². The van der Waals surface area contributed by atoms with Crippen molar-refractivity contribution in [3.05, 3.63) is 74.6 Å². The lowest BCUT2D eigenvalue weighted by atomic mass is 10.1. The van der Waals surface area contributed by atoms with Crippen LogP contribution in [0.1, 0.15) is 5.56 Å². The molecule has 0 spiro atoms. The molecule has 2 aromatic carbocycles. The largest absolute Gasteiger partial charge is 0.422 e. The molecule has 5 nitrogen and oxygen atoms in total. The summed E-state index contributed by atoms with van der Waals surface area (Å²) in [6.07, 6.45) is 0. The number of hydrogen-bond donors (Lipinski definition) is 0. The summed E-state index contributed by atoms with van der Waals surface area (Å²) < 4.78 is 5.27. The van der Waals surface area contributed by atoms with Gasteiger partial charge in [0, 0.05) is 11.6 Å². The van der Waals surface area contributed by atoms with E-state index in [4.69, 9.17) is 4.42 Å². The van der Waals surface area contributed by atoms with E-state index in [1.807, 2.05) is 31.2 Å². The summed E-state index contributed by atoms with van der Waals surface area (Å²) in [7, 11) is 0. The van der Waals surface area contributed by atoms with Gasteiger partial charge in [-0.2, -0.15) is 0 Å². The fourth-order valence-corrected chi connectivity index (χ4v) is 2.22. The van der Waals surface area contributed by atoms with Crippen LogP contribution in [0.3, 0.4) is 0 Å². The summed E-state index contributed by atoms with van der Waals surface area (Å²) in [5.74, 6) is 0.321. The smallest absolute Gasteiger partial charge is 0.344 e. The third-order valence-corrected chi connectivity index (χ3v) is 3.31. The molecule has 0 radical (unpaired) electrons. The summed E-state index contributed by atoms with van der Waals surface area (Å²) in [4.78, 5) is 22.6. The first-order valence-corrected chi connectivity index (χ1v) is 6.34. The third-order valence-electron chi connectivity index (χ3n) is 3.31. The monoisotopic (exact) mass is 281 g/mol. The predicted molar refractivity (Wildman–Crippen MR) is 79.3 cm³/mol. The number of benzene rings is 2. The average molecular weight is 281 g/mol. The Hall–Kier alpha value is -2.95. The lowest BCUT2D eigenvalue weighted by molar-refractivity contribution is -0.383. The molecule has 0 aliphatic carbocycles. The van der Waals surface area contributed by atoms with Gasteiger partial charge in [0.1, 0.15) is 5.76 Å². The van der Waals surface area contributed by atoms with E-state index in [1.165, 1.54) is 18.2 Å². The molecule has 1 heterocycles. The first-order valence-electron chi connectivity index (χ1n) is 6.34. The van der Waals surface area contributed by atoms with Crippen LogP contribution in [0.25, 0.3) is 22.1 Å². The first kappa shape index (κ1) is 13.1. The zero-order valence-corrected chi connectivity index (χ0v) is 11.2. The van der Waals surface area contributed by atoms with Crippen molar-refractivity contribution >= 4 is 16.5 Å². The maximum Gasteiger partial charge on any atom is 0.344 e. The minimum atomic E-state index is -0.577. The standard InChI is InChI=1S/C16H11NO4/c1-10-5-7-11(8-6-10)15-9-13-12(16(18)21-15)3-2-4-14(13)17(19)20/h2-9H,1H3. The van der Waals surface area contributed by atoms with Crippen molar-refractivity contribution in [3.63, 3.8) is 0 Å². The van der Waals surface area contributed by atoms with Crippen LogP contribution in [0.4, 0.5) is 5.69 Å². The van der Waals surface area contributed by atoms with E-state index in [0.29, 0.717) is 11.3 Å². The van der Waals surface area contributed by atoms with Crippen molar-refractivity contribution in [2.45, 2.75) is 6.92 Å². The minimum Gasteiger partial charge on any atom is -0.422 e. The molecule has 0 unspecified atom stereocenters. The summed E-state index contributed by atoms with van der Waals surface area (Å²) in [5, 5.41) is 11.6. The molecule has 0 bridgehead atoms. The molecule has 0 N–H and O–H groups in total. The van der Waals surface area contributed by atoms with Crippen LogP contribution in [0, 0.1) is 17.0 Å². The number of fused-ring (bicyclic) bond motifs is 1. The Kier molecular flexibility index (Phi) is 3.02. The Labute approximate surface area is 119 Å². The van der Waals surface area contributed by atoms with Gasteiger partial charge in [-0.05, 0) is 19.1 Å². The van der Waals surface area contributed by atoms with Gasteiger partial charge in [-0.15, -0.1) is 0 Å². The van der Waals surface area contributed by atoms with Crippen LogP contribution in [0.5, 0.6) is 0 Å². The Bertz CT molecular complexity index is 894. The van der Waals surface area contributed by atoms with E-state index in [2.05, 4.69) is 0 Å². The molecule has 5 heteroatoms. The van der Waals surface area contributed by atoms with E-state index < -0.39 is 10.5 Å². The fraction of sp³-hybridized carbons (Fsp3) is 0.0625. The summed E-state index contributed by atoms with van der Waals surface area (Å²) in [5.41, 5.74) is 1.10. The number of hydrogen-bond acceptors (Lipinski definition) is 4. The first-order chi connectivity index (χ1) is 10.1. The summed E-state index contributed by atoms with van der Waals surface area (Å²) >= 11 is 0.